The van der Waals surface area contributed by atoms with E-state index in [0.29, 0.717) is 6.54 Å². The summed E-state index contributed by atoms with van der Waals surface area (Å²) in [5, 5.41) is 2.61. The summed E-state index contributed by atoms with van der Waals surface area (Å²) in [6.07, 6.45) is 0. The first-order chi connectivity index (χ1) is 8.06. The lowest BCUT2D eigenvalue weighted by molar-refractivity contribution is -0.121. The molecule has 0 bridgehead atoms. The molecule has 0 aromatic heterocycles. The first kappa shape index (κ1) is 13.5. The predicted molar refractivity (Wildman–Crippen MR) is 68.1 cm³/mol. The van der Waals surface area contributed by atoms with E-state index in [2.05, 4.69) is 11.4 Å². The van der Waals surface area contributed by atoms with Gasteiger partial charge in [0.25, 0.3) is 0 Å². The van der Waals surface area contributed by atoms with Crippen molar-refractivity contribution in [1.82, 2.24) is 10.2 Å². The third kappa shape index (κ3) is 4.07. The molecule has 0 atom stereocenters. The number of nitrogens with one attached hydrogen (secondary N) is 1. The minimum absolute atomic E-state index is 0.0257. The molecule has 1 rings (SSSR count). The van der Waals surface area contributed by atoms with Crippen molar-refractivity contribution in [3.05, 3.63) is 29.3 Å². The quantitative estimate of drug-likeness (QED) is 0.834. The van der Waals surface area contributed by atoms with Crippen LogP contribution in [0.1, 0.15) is 11.1 Å². The molecule has 0 spiro atoms. The number of carbonyl (C=O) groups is 1. The Morgan fingerprint density at radius 3 is 2.71 bits per heavy atom. The normalized spacial score (nSPS) is 10.4. The van der Waals surface area contributed by atoms with Crippen LogP contribution in [0.4, 0.5) is 0 Å². The largest absolute Gasteiger partial charge is 0.496 e. The molecule has 17 heavy (non-hydrogen) atoms. The maximum absolute atomic E-state index is 11.2. The van der Waals surface area contributed by atoms with Crippen LogP contribution in [0.15, 0.2) is 18.2 Å². The topological polar surface area (TPSA) is 41.6 Å². The van der Waals surface area contributed by atoms with Gasteiger partial charge in [0.2, 0.25) is 5.91 Å². The molecule has 4 nitrogen and oxygen atoms in total. The lowest BCUT2D eigenvalue weighted by Gasteiger charge is -2.16. The number of hydrogen-bond donors (Lipinski definition) is 1. The predicted octanol–water partition coefficient (Wildman–Crippen LogP) is 1.18. The van der Waals surface area contributed by atoms with Crippen molar-refractivity contribution >= 4 is 5.91 Å². The number of likely N-dealkylation sites (N-methyl/N-ethyl adjacent to an activating group) is 2. The maximum atomic E-state index is 11.2. The number of methoxy groups -OCH3 is 1. The Hall–Kier alpha value is -1.55. The Morgan fingerprint density at radius 1 is 1.47 bits per heavy atom. The molecule has 0 unspecified atom stereocenters. The van der Waals surface area contributed by atoms with Gasteiger partial charge in [-0.25, -0.2) is 0 Å². The molecule has 0 aliphatic heterocycles. The van der Waals surface area contributed by atoms with Crippen molar-refractivity contribution < 1.29 is 9.53 Å². The third-order valence-electron chi connectivity index (χ3n) is 2.60. The molecule has 0 aliphatic rings. The zero-order valence-corrected chi connectivity index (χ0v) is 10.9. The maximum Gasteiger partial charge on any atom is 0.233 e. The van der Waals surface area contributed by atoms with Gasteiger partial charge in [-0.05, 0) is 31.2 Å². The minimum Gasteiger partial charge on any atom is -0.496 e. The molecular formula is C13H20N2O2. The molecule has 0 saturated carbocycles. The summed E-state index contributed by atoms with van der Waals surface area (Å²) < 4.78 is 5.21. The van der Waals surface area contributed by atoms with Gasteiger partial charge in [-0.15, -0.1) is 0 Å². The van der Waals surface area contributed by atoms with Crippen LogP contribution in [0.25, 0.3) is 0 Å². The fourth-order valence-corrected chi connectivity index (χ4v) is 1.73. The number of carbonyl (C=O) groups excluding carboxylic acids is 1. The van der Waals surface area contributed by atoms with Gasteiger partial charge in [-0.3, -0.25) is 9.69 Å². The molecule has 1 amide bonds. The number of aryl methyl sites for hydroxylation is 1. The number of hydrogen-bond acceptors (Lipinski definition) is 3. The molecule has 0 radical (unpaired) electrons. The molecule has 0 fully saturated rings. The van der Waals surface area contributed by atoms with Gasteiger partial charge in [0.15, 0.2) is 0 Å². The highest BCUT2D eigenvalue weighted by Crippen LogP contribution is 2.19. The molecule has 0 aliphatic carbocycles. The van der Waals surface area contributed by atoms with E-state index >= 15 is 0 Å². The lowest BCUT2D eigenvalue weighted by Crippen LogP contribution is -2.32. The summed E-state index contributed by atoms with van der Waals surface area (Å²) in [5.41, 5.74) is 2.29. The highest BCUT2D eigenvalue weighted by atomic mass is 16.5. The van der Waals surface area contributed by atoms with Crippen LogP contribution >= 0.6 is 0 Å². The molecular weight excluding hydrogens is 216 g/mol. The zero-order chi connectivity index (χ0) is 12.8. The Balaban J connectivity index is 2.62. The number of rotatable bonds is 5. The second-order valence-corrected chi connectivity index (χ2v) is 4.15. The van der Waals surface area contributed by atoms with Crippen molar-refractivity contribution in [2.24, 2.45) is 0 Å². The average Bonchev–Trinajstić information content (AvgIpc) is 2.29. The monoisotopic (exact) mass is 236 g/mol. The van der Waals surface area contributed by atoms with E-state index in [9.17, 15) is 4.79 Å². The van der Waals surface area contributed by atoms with Crippen molar-refractivity contribution in [3.8, 4) is 5.75 Å². The van der Waals surface area contributed by atoms with Crippen LogP contribution in [-0.2, 0) is 11.3 Å². The summed E-state index contributed by atoms with van der Waals surface area (Å²) in [5.74, 6) is 0.917. The smallest absolute Gasteiger partial charge is 0.233 e. The minimum atomic E-state index is 0.0257. The van der Waals surface area contributed by atoms with E-state index in [4.69, 9.17) is 4.74 Å². The number of amides is 1. The van der Waals surface area contributed by atoms with Gasteiger partial charge in [-0.1, -0.05) is 12.1 Å². The molecule has 1 N–H and O–H groups in total. The first-order valence-electron chi connectivity index (χ1n) is 5.59. The average molecular weight is 236 g/mol. The van der Waals surface area contributed by atoms with Crippen molar-refractivity contribution in [1.29, 1.82) is 0 Å². The van der Waals surface area contributed by atoms with Crippen molar-refractivity contribution in [3.63, 3.8) is 0 Å². The van der Waals surface area contributed by atoms with Gasteiger partial charge in [-0.2, -0.15) is 0 Å². The van der Waals surface area contributed by atoms with Gasteiger partial charge in [0.1, 0.15) is 5.75 Å². The van der Waals surface area contributed by atoms with Crippen LogP contribution in [0, 0.1) is 6.92 Å². The summed E-state index contributed by atoms with van der Waals surface area (Å²) in [6, 6.07) is 6.06. The summed E-state index contributed by atoms with van der Waals surface area (Å²) in [4.78, 5) is 13.2. The van der Waals surface area contributed by atoms with Gasteiger partial charge in [0.05, 0.1) is 13.7 Å². The lowest BCUT2D eigenvalue weighted by atomic mass is 10.1. The zero-order valence-electron chi connectivity index (χ0n) is 10.9. The van der Waals surface area contributed by atoms with Crippen LogP contribution in [0.5, 0.6) is 5.75 Å². The Labute approximate surface area is 103 Å². The van der Waals surface area contributed by atoms with E-state index in [1.54, 1.807) is 14.2 Å². The summed E-state index contributed by atoms with van der Waals surface area (Å²) in [6.45, 7) is 3.17. The van der Waals surface area contributed by atoms with Crippen LogP contribution in [-0.4, -0.2) is 38.6 Å². The van der Waals surface area contributed by atoms with Crippen molar-refractivity contribution in [2.75, 3.05) is 27.7 Å². The molecule has 4 heteroatoms. The second kappa shape index (κ2) is 6.25. The van der Waals surface area contributed by atoms with Crippen LogP contribution in [0.3, 0.4) is 0 Å². The number of nitrogens with zero attached hydrogens (tertiary/aromatic N) is 1. The first-order valence-corrected chi connectivity index (χ1v) is 5.59. The molecule has 0 heterocycles. The fourth-order valence-electron chi connectivity index (χ4n) is 1.73. The fraction of sp³-hybridized carbons (Fsp3) is 0.462. The van der Waals surface area contributed by atoms with E-state index in [1.165, 1.54) is 5.56 Å². The summed E-state index contributed by atoms with van der Waals surface area (Å²) >= 11 is 0. The Bertz CT molecular complexity index is 391. The third-order valence-corrected chi connectivity index (χ3v) is 2.60. The Morgan fingerprint density at radius 2 is 2.18 bits per heavy atom. The molecule has 1 aromatic carbocycles. The van der Waals surface area contributed by atoms with Gasteiger partial charge in [0, 0.05) is 13.6 Å². The number of ether oxygens (including phenoxy) is 1. The highest BCUT2D eigenvalue weighted by Gasteiger charge is 2.06. The van der Waals surface area contributed by atoms with Crippen LogP contribution < -0.4 is 10.1 Å². The Kier molecular flexibility index (Phi) is 4.97. The van der Waals surface area contributed by atoms with E-state index in [1.807, 2.05) is 31.0 Å². The molecule has 0 saturated heterocycles. The second-order valence-electron chi connectivity index (χ2n) is 4.15. The SMILES string of the molecule is CNC(=O)CN(C)Cc1ccc(OC)c(C)c1. The molecule has 94 valence electrons. The number of benzene rings is 1. The van der Waals surface area contributed by atoms with E-state index in [0.717, 1.165) is 17.9 Å². The van der Waals surface area contributed by atoms with Gasteiger partial charge < -0.3 is 10.1 Å². The van der Waals surface area contributed by atoms with Crippen molar-refractivity contribution in [2.45, 2.75) is 13.5 Å². The van der Waals surface area contributed by atoms with Gasteiger partial charge >= 0.3 is 0 Å². The van der Waals surface area contributed by atoms with E-state index < -0.39 is 0 Å². The van der Waals surface area contributed by atoms with Crippen LogP contribution in [0.2, 0.25) is 0 Å². The summed E-state index contributed by atoms with van der Waals surface area (Å²) in [7, 11) is 5.24. The highest BCUT2D eigenvalue weighted by molar-refractivity contribution is 5.77. The standard InChI is InChI=1S/C13H20N2O2/c1-10-7-11(5-6-12(10)17-4)8-15(3)9-13(16)14-2/h5-7H,8-9H2,1-4H3,(H,14,16). The molecule has 1 aromatic rings. The van der Waals surface area contributed by atoms with E-state index in [-0.39, 0.29) is 5.91 Å².